The number of aromatic nitrogens is 4. The molecule has 0 amide bonds. The zero-order chi connectivity index (χ0) is 18.4. The molecule has 5 rings (SSSR count). The van der Waals surface area contributed by atoms with Gasteiger partial charge < -0.3 is 10.3 Å². The molecule has 4 heterocycles. The molecule has 0 bridgehead atoms. The minimum absolute atomic E-state index is 0.533. The van der Waals surface area contributed by atoms with Crippen molar-refractivity contribution in [3.05, 3.63) is 60.2 Å². The van der Waals surface area contributed by atoms with E-state index in [9.17, 15) is 0 Å². The Labute approximate surface area is 157 Å². The second kappa shape index (κ2) is 6.20. The van der Waals surface area contributed by atoms with Crippen LogP contribution in [-0.4, -0.2) is 19.5 Å². The molecule has 5 nitrogen and oxygen atoms in total. The van der Waals surface area contributed by atoms with Gasteiger partial charge in [-0.1, -0.05) is 29.8 Å². The SMILES string of the molecule is C/C=C1\CCCn2c(c(-c3cnc4ccccc4c3)c3c(N)ncnc32)C1. The Morgan fingerprint density at radius 2 is 2.04 bits per heavy atom. The van der Waals surface area contributed by atoms with E-state index in [4.69, 9.17) is 5.73 Å². The van der Waals surface area contributed by atoms with Crippen molar-refractivity contribution in [2.75, 3.05) is 5.73 Å². The number of anilines is 1. The van der Waals surface area contributed by atoms with E-state index in [1.54, 1.807) is 6.33 Å². The average molecular weight is 355 g/mol. The van der Waals surface area contributed by atoms with Crippen molar-refractivity contribution in [2.45, 2.75) is 32.7 Å². The zero-order valence-corrected chi connectivity index (χ0v) is 15.3. The molecule has 3 aromatic heterocycles. The molecular weight excluding hydrogens is 334 g/mol. The van der Waals surface area contributed by atoms with Crippen molar-refractivity contribution >= 4 is 27.8 Å². The molecule has 0 spiro atoms. The average Bonchev–Trinajstić information content (AvgIpc) is 2.86. The first-order chi connectivity index (χ1) is 13.3. The predicted octanol–water partition coefficient (Wildman–Crippen LogP) is 4.51. The van der Waals surface area contributed by atoms with Crippen LogP contribution in [0.1, 0.15) is 25.5 Å². The number of nitrogen functional groups attached to an aromatic ring is 1. The van der Waals surface area contributed by atoms with Gasteiger partial charge in [0.2, 0.25) is 0 Å². The summed E-state index contributed by atoms with van der Waals surface area (Å²) in [6.45, 7) is 3.07. The maximum atomic E-state index is 6.33. The molecule has 0 atom stereocenters. The lowest BCUT2D eigenvalue weighted by Gasteiger charge is -2.09. The maximum absolute atomic E-state index is 6.33. The largest absolute Gasteiger partial charge is 0.383 e. The number of hydrogen-bond acceptors (Lipinski definition) is 4. The smallest absolute Gasteiger partial charge is 0.146 e. The van der Waals surface area contributed by atoms with Crippen LogP contribution in [0.2, 0.25) is 0 Å². The van der Waals surface area contributed by atoms with Crippen molar-refractivity contribution in [1.82, 2.24) is 19.5 Å². The van der Waals surface area contributed by atoms with Gasteiger partial charge in [0.05, 0.1) is 10.9 Å². The Bertz CT molecular complexity index is 1200. The van der Waals surface area contributed by atoms with Crippen LogP contribution in [0, 0.1) is 0 Å². The van der Waals surface area contributed by atoms with E-state index in [0.29, 0.717) is 5.82 Å². The van der Waals surface area contributed by atoms with E-state index in [2.05, 4.69) is 44.7 Å². The molecule has 1 aromatic carbocycles. The molecule has 0 saturated carbocycles. The lowest BCUT2D eigenvalue weighted by molar-refractivity contribution is 0.668. The molecular formula is C22H21N5. The van der Waals surface area contributed by atoms with Crippen LogP contribution in [0.3, 0.4) is 0 Å². The number of pyridine rings is 1. The van der Waals surface area contributed by atoms with Gasteiger partial charge in [-0.05, 0) is 31.9 Å². The predicted molar refractivity (Wildman–Crippen MR) is 109 cm³/mol. The third-order valence-electron chi connectivity index (χ3n) is 5.54. The van der Waals surface area contributed by atoms with Crippen LogP contribution in [-0.2, 0) is 13.0 Å². The highest BCUT2D eigenvalue weighted by Gasteiger charge is 2.24. The second-order valence-electron chi connectivity index (χ2n) is 7.07. The first kappa shape index (κ1) is 16.0. The van der Waals surface area contributed by atoms with E-state index < -0.39 is 0 Å². The first-order valence-electron chi connectivity index (χ1n) is 9.37. The van der Waals surface area contributed by atoms with Crippen molar-refractivity contribution in [3.63, 3.8) is 0 Å². The van der Waals surface area contributed by atoms with Gasteiger partial charge in [-0.2, -0.15) is 0 Å². The summed E-state index contributed by atoms with van der Waals surface area (Å²) in [7, 11) is 0. The Morgan fingerprint density at radius 3 is 2.93 bits per heavy atom. The number of fused-ring (bicyclic) bond motifs is 4. The van der Waals surface area contributed by atoms with Crippen LogP contribution in [0.5, 0.6) is 0 Å². The highest BCUT2D eigenvalue weighted by Crippen LogP contribution is 2.40. The van der Waals surface area contributed by atoms with E-state index in [1.165, 1.54) is 11.3 Å². The third kappa shape index (κ3) is 2.50. The number of para-hydroxylation sites is 1. The van der Waals surface area contributed by atoms with Crippen molar-refractivity contribution in [3.8, 4) is 11.1 Å². The van der Waals surface area contributed by atoms with Gasteiger partial charge in [0.25, 0.3) is 0 Å². The standard InChI is InChI=1S/C22H21N5/c1-2-14-6-5-9-27-18(10-14)19(20-21(23)25-13-26-22(20)27)16-11-15-7-3-4-8-17(15)24-12-16/h2-4,7-8,11-13H,5-6,9-10H2,1H3,(H2,23,25,26)/b14-2+. The minimum Gasteiger partial charge on any atom is -0.383 e. The Hall–Kier alpha value is -3.21. The molecule has 4 aromatic rings. The van der Waals surface area contributed by atoms with Crippen LogP contribution >= 0.6 is 0 Å². The molecule has 0 radical (unpaired) electrons. The number of hydrogen-bond donors (Lipinski definition) is 1. The lowest BCUT2D eigenvalue weighted by Crippen LogP contribution is -2.02. The van der Waals surface area contributed by atoms with E-state index in [0.717, 1.165) is 58.9 Å². The number of nitrogens with two attached hydrogens (primary N) is 1. The summed E-state index contributed by atoms with van der Waals surface area (Å²) in [6, 6.07) is 10.4. The fraction of sp³-hybridized carbons (Fsp3) is 0.227. The molecule has 134 valence electrons. The molecule has 0 fully saturated rings. The van der Waals surface area contributed by atoms with Crippen LogP contribution < -0.4 is 5.73 Å². The number of nitrogens with zero attached hydrogens (tertiary/aromatic N) is 4. The summed E-state index contributed by atoms with van der Waals surface area (Å²) in [5.74, 6) is 0.533. The van der Waals surface area contributed by atoms with E-state index >= 15 is 0 Å². The Balaban J connectivity index is 1.86. The highest BCUT2D eigenvalue weighted by molar-refractivity contribution is 6.03. The van der Waals surface area contributed by atoms with Crippen molar-refractivity contribution < 1.29 is 0 Å². The summed E-state index contributed by atoms with van der Waals surface area (Å²) in [4.78, 5) is 13.5. The lowest BCUT2D eigenvalue weighted by atomic mass is 9.98. The van der Waals surface area contributed by atoms with Gasteiger partial charge in [0.15, 0.2) is 0 Å². The fourth-order valence-electron chi connectivity index (χ4n) is 4.20. The topological polar surface area (TPSA) is 69.6 Å². The molecule has 1 aliphatic rings. The van der Waals surface area contributed by atoms with Crippen molar-refractivity contribution in [2.24, 2.45) is 0 Å². The third-order valence-corrected chi connectivity index (χ3v) is 5.54. The van der Waals surface area contributed by atoms with Gasteiger partial charge in [-0.25, -0.2) is 9.97 Å². The van der Waals surface area contributed by atoms with Crippen molar-refractivity contribution in [1.29, 1.82) is 0 Å². The summed E-state index contributed by atoms with van der Waals surface area (Å²) in [5, 5.41) is 2.07. The van der Waals surface area contributed by atoms with Gasteiger partial charge in [0, 0.05) is 41.4 Å². The Kier molecular flexibility index (Phi) is 3.67. The highest BCUT2D eigenvalue weighted by atomic mass is 15.1. The summed E-state index contributed by atoms with van der Waals surface area (Å²) in [6.07, 6.45) is 8.89. The van der Waals surface area contributed by atoms with E-state index in [1.807, 2.05) is 24.4 Å². The molecule has 0 saturated heterocycles. The van der Waals surface area contributed by atoms with Gasteiger partial charge in [0.1, 0.15) is 17.8 Å². The van der Waals surface area contributed by atoms with Crippen LogP contribution in [0.15, 0.2) is 54.5 Å². The molecule has 0 aliphatic carbocycles. The van der Waals surface area contributed by atoms with Crippen LogP contribution in [0.4, 0.5) is 5.82 Å². The minimum atomic E-state index is 0.533. The van der Waals surface area contributed by atoms with E-state index in [-0.39, 0.29) is 0 Å². The number of aryl methyl sites for hydroxylation is 1. The summed E-state index contributed by atoms with van der Waals surface area (Å²) >= 11 is 0. The monoisotopic (exact) mass is 355 g/mol. The number of benzene rings is 1. The van der Waals surface area contributed by atoms with Crippen LogP contribution in [0.25, 0.3) is 33.1 Å². The fourth-order valence-corrected chi connectivity index (χ4v) is 4.20. The van der Waals surface area contributed by atoms with Gasteiger partial charge in [-0.3, -0.25) is 4.98 Å². The quantitative estimate of drug-likeness (QED) is 0.510. The maximum Gasteiger partial charge on any atom is 0.146 e. The molecule has 1 aliphatic heterocycles. The molecule has 27 heavy (non-hydrogen) atoms. The normalized spacial score (nSPS) is 16.0. The van der Waals surface area contributed by atoms with Gasteiger partial charge >= 0.3 is 0 Å². The molecule has 5 heteroatoms. The molecule has 2 N–H and O–H groups in total. The summed E-state index contributed by atoms with van der Waals surface area (Å²) in [5.41, 5.74) is 13.2. The number of allylic oxidation sites excluding steroid dienone is 2. The summed E-state index contributed by atoms with van der Waals surface area (Å²) < 4.78 is 2.33. The first-order valence-corrected chi connectivity index (χ1v) is 9.37. The second-order valence-corrected chi connectivity index (χ2v) is 7.07. The molecule has 0 unspecified atom stereocenters. The Morgan fingerprint density at radius 1 is 1.15 bits per heavy atom. The van der Waals surface area contributed by atoms with Gasteiger partial charge in [-0.15, -0.1) is 0 Å². The zero-order valence-electron chi connectivity index (χ0n) is 15.3. The number of rotatable bonds is 1.